The number of pyridine rings is 1. The SMILES string of the molecule is CCOc1ccccc1NC(=O)CN(C)S(=O)(=O)c1cccc2cccnc12. The Bertz CT molecular complexity index is 1090. The van der Waals surface area contributed by atoms with Gasteiger partial charge in [-0.05, 0) is 31.2 Å². The molecule has 3 rings (SSSR count). The minimum Gasteiger partial charge on any atom is -0.492 e. The van der Waals surface area contributed by atoms with E-state index in [2.05, 4.69) is 10.3 Å². The Kier molecular flexibility index (Phi) is 5.91. The molecule has 0 fully saturated rings. The number of benzene rings is 2. The summed E-state index contributed by atoms with van der Waals surface area (Å²) in [6.07, 6.45) is 1.54. The Morgan fingerprint density at radius 1 is 1.11 bits per heavy atom. The van der Waals surface area contributed by atoms with E-state index in [4.69, 9.17) is 4.74 Å². The molecule has 0 saturated carbocycles. The zero-order valence-electron chi connectivity index (χ0n) is 15.6. The molecule has 1 heterocycles. The molecule has 2 aromatic carbocycles. The number of fused-ring (bicyclic) bond motifs is 1. The number of nitrogens with one attached hydrogen (secondary N) is 1. The summed E-state index contributed by atoms with van der Waals surface area (Å²) in [6.45, 7) is 1.96. The minimum absolute atomic E-state index is 0.0654. The monoisotopic (exact) mass is 399 g/mol. The van der Waals surface area contributed by atoms with Crippen molar-refractivity contribution in [2.45, 2.75) is 11.8 Å². The van der Waals surface area contributed by atoms with Gasteiger partial charge in [-0.1, -0.05) is 30.3 Å². The highest BCUT2D eigenvalue weighted by Crippen LogP contribution is 2.25. The predicted molar refractivity (Wildman–Crippen MR) is 108 cm³/mol. The van der Waals surface area contributed by atoms with E-state index in [-0.39, 0.29) is 11.4 Å². The van der Waals surface area contributed by atoms with Crippen molar-refractivity contribution in [3.8, 4) is 5.75 Å². The lowest BCUT2D eigenvalue weighted by Gasteiger charge is -2.18. The van der Waals surface area contributed by atoms with Crippen molar-refractivity contribution in [2.75, 3.05) is 25.5 Å². The van der Waals surface area contributed by atoms with Crippen molar-refractivity contribution in [3.05, 3.63) is 60.8 Å². The third-order valence-corrected chi connectivity index (χ3v) is 5.95. The van der Waals surface area contributed by atoms with Crippen LogP contribution in [0.1, 0.15) is 6.92 Å². The topological polar surface area (TPSA) is 88.6 Å². The fourth-order valence-corrected chi connectivity index (χ4v) is 4.07. The van der Waals surface area contributed by atoms with Gasteiger partial charge in [-0.25, -0.2) is 8.42 Å². The van der Waals surface area contributed by atoms with Gasteiger partial charge in [0.25, 0.3) is 0 Å². The number of amides is 1. The van der Waals surface area contributed by atoms with E-state index in [9.17, 15) is 13.2 Å². The number of carbonyl (C=O) groups excluding carboxylic acids is 1. The van der Waals surface area contributed by atoms with Crippen molar-refractivity contribution >= 4 is 32.5 Å². The quantitative estimate of drug-likeness (QED) is 0.660. The molecule has 0 bridgehead atoms. The van der Waals surface area contributed by atoms with Crippen LogP contribution in [0.15, 0.2) is 65.7 Å². The molecule has 0 radical (unpaired) electrons. The molecule has 1 aromatic heterocycles. The molecular weight excluding hydrogens is 378 g/mol. The second-order valence-electron chi connectivity index (χ2n) is 6.07. The summed E-state index contributed by atoms with van der Waals surface area (Å²) in [5.41, 5.74) is 0.867. The van der Waals surface area contributed by atoms with E-state index in [1.54, 1.807) is 54.7 Å². The fourth-order valence-electron chi connectivity index (χ4n) is 2.78. The first kappa shape index (κ1) is 19.8. The van der Waals surface area contributed by atoms with Crippen LogP contribution in [-0.4, -0.2) is 43.8 Å². The van der Waals surface area contributed by atoms with Crippen molar-refractivity contribution in [1.82, 2.24) is 9.29 Å². The Hall–Kier alpha value is -2.97. The van der Waals surface area contributed by atoms with Crippen molar-refractivity contribution in [3.63, 3.8) is 0 Å². The maximum absolute atomic E-state index is 13.0. The maximum Gasteiger partial charge on any atom is 0.245 e. The number of likely N-dealkylation sites (N-methyl/N-ethyl adjacent to an activating group) is 1. The molecule has 0 aliphatic carbocycles. The van der Waals surface area contributed by atoms with Crippen LogP contribution in [0.4, 0.5) is 5.69 Å². The van der Waals surface area contributed by atoms with Crippen LogP contribution < -0.4 is 10.1 Å². The first-order valence-corrected chi connectivity index (χ1v) is 10.2. The lowest BCUT2D eigenvalue weighted by Crippen LogP contribution is -2.35. The average Bonchev–Trinajstić information content (AvgIpc) is 2.69. The van der Waals surface area contributed by atoms with Gasteiger partial charge in [-0.15, -0.1) is 0 Å². The van der Waals surface area contributed by atoms with Gasteiger partial charge in [-0.3, -0.25) is 9.78 Å². The van der Waals surface area contributed by atoms with Gasteiger partial charge in [-0.2, -0.15) is 4.31 Å². The Morgan fingerprint density at radius 3 is 2.64 bits per heavy atom. The van der Waals surface area contributed by atoms with Gasteiger partial charge >= 0.3 is 0 Å². The van der Waals surface area contributed by atoms with E-state index < -0.39 is 15.9 Å². The highest BCUT2D eigenvalue weighted by atomic mass is 32.2. The van der Waals surface area contributed by atoms with Crippen LogP contribution >= 0.6 is 0 Å². The van der Waals surface area contributed by atoms with Crippen LogP contribution in [0.25, 0.3) is 10.9 Å². The zero-order valence-corrected chi connectivity index (χ0v) is 16.4. The summed E-state index contributed by atoms with van der Waals surface area (Å²) in [5, 5.41) is 3.42. The van der Waals surface area contributed by atoms with Gasteiger partial charge in [0.2, 0.25) is 15.9 Å². The molecule has 0 saturated heterocycles. The van der Waals surface area contributed by atoms with E-state index in [0.29, 0.717) is 28.9 Å². The van der Waals surface area contributed by atoms with E-state index >= 15 is 0 Å². The lowest BCUT2D eigenvalue weighted by molar-refractivity contribution is -0.116. The smallest absolute Gasteiger partial charge is 0.245 e. The minimum atomic E-state index is -3.89. The maximum atomic E-state index is 13.0. The summed E-state index contributed by atoms with van der Waals surface area (Å²) in [7, 11) is -2.53. The van der Waals surface area contributed by atoms with Crippen LogP contribution in [-0.2, 0) is 14.8 Å². The van der Waals surface area contributed by atoms with Gasteiger partial charge in [0.1, 0.15) is 10.6 Å². The Morgan fingerprint density at radius 2 is 1.86 bits per heavy atom. The normalized spacial score (nSPS) is 11.5. The molecular formula is C20H21N3O4S. The number of anilines is 1. The molecule has 0 unspecified atom stereocenters. The van der Waals surface area contributed by atoms with Gasteiger partial charge < -0.3 is 10.1 Å². The molecule has 1 amide bonds. The van der Waals surface area contributed by atoms with Crippen LogP contribution in [0.3, 0.4) is 0 Å². The molecule has 28 heavy (non-hydrogen) atoms. The molecule has 146 valence electrons. The molecule has 0 aliphatic rings. The Balaban J connectivity index is 1.80. The number of nitrogens with zero attached hydrogens (tertiary/aromatic N) is 2. The molecule has 0 atom stereocenters. The third-order valence-electron chi connectivity index (χ3n) is 4.11. The van der Waals surface area contributed by atoms with Crippen molar-refractivity contribution in [2.24, 2.45) is 0 Å². The highest BCUT2D eigenvalue weighted by Gasteiger charge is 2.25. The van der Waals surface area contributed by atoms with E-state index in [1.807, 2.05) is 6.92 Å². The number of para-hydroxylation sites is 3. The van der Waals surface area contributed by atoms with Crippen molar-refractivity contribution < 1.29 is 17.9 Å². The molecule has 0 spiro atoms. The summed E-state index contributed by atoms with van der Waals surface area (Å²) in [5.74, 6) is 0.0635. The first-order valence-electron chi connectivity index (χ1n) is 8.75. The highest BCUT2D eigenvalue weighted by molar-refractivity contribution is 7.89. The van der Waals surface area contributed by atoms with Crippen LogP contribution in [0.2, 0.25) is 0 Å². The number of rotatable bonds is 7. The molecule has 0 aliphatic heterocycles. The van der Waals surface area contributed by atoms with Gasteiger partial charge in [0, 0.05) is 18.6 Å². The van der Waals surface area contributed by atoms with Crippen LogP contribution in [0, 0.1) is 0 Å². The van der Waals surface area contributed by atoms with Gasteiger partial charge in [0.15, 0.2) is 0 Å². The van der Waals surface area contributed by atoms with E-state index in [0.717, 1.165) is 4.31 Å². The number of ether oxygens (including phenoxy) is 1. The van der Waals surface area contributed by atoms with Crippen LogP contribution in [0.5, 0.6) is 5.75 Å². The first-order chi connectivity index (χ1) is 13.4. The second-order valence-corrected chi connectivity index (χ2v) is 8.08. The predicted octanol–water partition coefficient (Wildman–Crippen LogP) is 2.89. The number of hydrogen-bond donors (Lipinski definition) is 1. The summed E-state index contributed by atoms with van der Waals surface area (Å²) in [6, 6.07) is 15.5. The second kappa shape index (κ2) is 8.37. The van der Waals surface area contributed by atoms with Gasteiger partial charge in [0.05, 0.1) is 24.4 Å². The van der Waals surface area contributed by atoms with Crippen molar-refractivity contribution in [1.29, 1.82) is 0 Å². The summed E-state index contributed by atoms with van der Waals surface area (Å²) >= 11 is 0. The number of aromatic nitrogens is 1. The summed E-state index contributed by atoms with van der Waals surface area (Å²) in [4.78, 5) is 16.7. The summed E-state index contributed by atoms with van der Waals surface area (Å²) < 4.78 is 32.5. The molecule has 1 N–H and O–H groups in total. The zero-order chi connectivity index (χ0) is 20.1. The largest absolute Gasteiger partial charge is 0.492 e. The fraction of sp³-hybridized carbons (Fsp3) is 0.200. The molecule has 3 aromatic rings. The Labute approximate surface area is 164 Å². The molecule has 7 nitrogen and oxygen atoms in total. The number of sulfonamides is 1. The lowest BCUT2D eigenvalue weighted by atomic mass is 10.2. The third kappa shape index (κ3) is 4.13. The average molecular weight is 399 g/mol. The standard InChI is InChI=1S/C20H21N3O4S/c1-3-27-17-11-5-4-10-16(17)22-19(24)14-23(2)28(25,26)18-12-6-8-15-9-7-13-21-20(15)18/h4-13H,3,14H2,1-2H3,(H,22,24). The number of carbonyl (C=O) groups is 1. The molecule has 8 heteroatoms. The number of hydrogen-bond acceptors (Lipinski definition) is 5. The van der Waals surface area contributed by atoms with E-state index in [1.165, 1.54) is 13.1 Å².